The van der Waals surface area contributed by atoms with Crippen LogP contribution in [0.4, 0.5) is 17.1 Å². The normalized spacial score (nSPS) is 11.8. The van der Waals surface area contributed by atoms with Crippen LogP contribution in [0, 0.1) is 0 Å². The lowest BCUT2D eigenvalue weighted by molar-refractivity contribution is 1.30. The van der Waals surface area contributed by atoms with E-state index in [1.54, 1.807) is 0 Å². The number of anilines is 3. The molecule has 0 saturated heterocycles. The molecule has 0 atom stereocenters. The van der Waals surface area contributed by atoms with Gasteiger partial charge in [-0.3, -0.25) is 0 Å². The number of rotatable bonds is 5. The van der Waals surface area contributed by atoms with E-state index >= 15 is 0 Å². The molecule has 9 aromatic carbocycles. The van der Waals surface area contributed by atoms with Gasteiger partial charge in [0.2, 0.25) is 0 Å². The molecule has 11 aromatic rings. The Morgan fingerprint density at radius 2 is 0.830 bits per heavy atom. The van der Waals surface area contributed by atoms with Crippen LogP contribution in [0.2, 0.25) is 0 Å². The number of hydrogen-bond acceptors (Lipinski definition) is 3. The minimum absolute atomic E-state index is 1.14. The van der Waals surface area contributed by atoms with E-state index in [-0.39, 0.29) is 0 Å². The van der Waals surface area contributed by atoms with Crippen molar-refractivity contribution in [1.82, 2.24) is 0 Å². The largest absolute Gasteiger partial charge is 0.310 e. The second kappa shape index (κ2) is 12.2. The average molecular weight is 710 g/mol. The third-order valence-electron chi connectivity index (χ3n) is 10.6. The summed E-state index contributed by atoms with van der Waals surface area (Å²) >= 11 is 3.74. The van der Waals surface area contributed by atoms with Crippen molar-refractivity contribution >= 4 is 102 Å². The molecule has 0 aliphatic heterocycles. The van der Waals surface area contributed by atoms with Gasteiger partial charge in [-0.15, -0.1) is 22.7 Å². The van der Waals surface area contributed by atoms with Crippen LogP contribution < -0.4 is 4.90 Å². The molecule has 0 N–H and O–H groups in total. The maximum absolute atomic E-state index is 2.49. The third-order valence-corrected chi connectivity index (χ3v) is 12.9. The summed E-state index contributed by atoms with van der Waals surface area (Å²) < 4.78 is 5.20. The van der Waals surface area contributed by atoms with Crippen LogP contribution in [-0.2, 0) is 0 Å². The maximum atomic E-state index is 2.49. The first-order valence-corrected chi connectivity index (χ1v) is 19.6. The first kappa shape index (κ1) is 30.4. The van der Waals surface area contributed by atoms with Crippen LogP contribution in [0.1, 0.15) is 0 Å². The predicted octanol–water partition coefficient (Wildman–Crippen LogP) is 15.5. The molecular formula is C50H31NS2. The van der Waals surface area contributed by atoms with E-state index in [0.29, 0.717) is 0 Å². The summed E-state index contributed by atoms with van der Waals surface area (Å²) in [5.74, 6) is 0. The molecule has 53 heavy (non-hydrogen) atoms. The van der Waals surface area contributed by atoms with Crippen LogP contribution in [0.3, 0.4) is 0 Å². The van der Waals surface area contributed by atoms with Crippen molar-refractivity contribution in [3.63, 3.8) is 0 Å². The summed E-state index contributed by atoms with van der Waals surface area (Å²) in [5.41, 5.74) is 8.23. The molecule has 2 aromatic heterocycles. The molecule has 11 rings (SSSR count). The van der Waals surface area contributed by atoms with Crippen molar-refractivity contribution < 1.29 is 0 Å². The van der Waals surface area contributed by atoms with E-state index in [1.165, 1.54) is 84.1 Å². The highest BCUT2D eigenvalue weighted by atomic mass is 32.1. The molecule has 0 spiro atoms. The Balaban J connectivity index is 1.21. The zero-order chi connectivity index (χ0) is 34.9. The van der Waals surface area contributed by atoms with Gasteiger partial charge < -0.3 is 4.90 Å². The topological polar surface area (TPSA) is 3.24 Å². The molecular weight excluding hydrogens is 679 g/mol. The predicted molar refractivity (Wildman–Crippen MR) is 233 cm³/mol. The Bertz CT molecular complexity index is 3070. The van der Waals surface area contributed by atoms with Gasteiger partial charge in [0.1, 0.15) is 0 Å². The molecule has 2 heterocycles. The molecule has 0 radical (unpaired) electrons. The second-order valence-electron chi connectivity index (χ2n) is 13.7. The SMILES string of the molecule is c1ccc(-c2ccc(-c3cc4ccccc4c4ccccc34)cc2N(c2ccc3c(c2)sc2ccccc23)c2ccc3c(c2)sc2ccccc23)cc1. The number of benzene rings is 9. The molecule has 1 nitrogen and oxygen atoms in total. The van der Waals surface area contributed by atoms with Crippen molar-refractivity contribution in [2.24, 2.45) is 0 Å². The lowest BCUT2D eigenvalue weighted by atomic mass is 9.91. The standard InChI is InChI=1S/C50H31NS2/c1-2-12-32(13-3-1)38-25-22-34(45-28-33-14-4-5-15-37(33)39-16-6-7-17-40(39)45)29-46(38)51(35-23-26-43-41-18-8-10-20-47(41)52-49(43)30-35)36-24-27-44-42-19-9-11-21-48(42)53-50(44)31-36/h1-31H. The van der Waals surface area contributed by atoms with E-state index in [0.717, 1.165) is 17.1 Å². The molecule has 0 amide bonds. The lowest BCUT2D eigenvalue weighted by Gasteiger charge is -2.29. The summed E-state index contributed by atoms with van der Waals surface area (Å²) in [4.78, 5) is 2.49. The summed E-state index contributed by atoms with van der Waals surface area (Å²) in [6, 6.07) is 69.4. The van der Waals surface area contributed by atoms with Gasteiger partial charge in [0.05, 0.1) is 5.69 Å². The highest BCUT2D eigenvalue weighted by Crippen LogP contribution is 2.47. The first-order valence-electron chi connectivity index (χ1n) is 18.0. The van der Waals surface area contributed by atoms with Crippen LogP contribution in [0.5, 0.6) is 0 Å². The number of fused-ring (bicyclic) bond motifs is 9. The van der Waals surface area contributed by atoms with Gasteiger partial charge in [0, 0.05) is 57.3 Å². The third kappa shape index (κ3) is 4.97. The highest BCUT2D eigenvalue weighted by Gasteiger charge is 2.21. The molecule has 0 unspecified atom stereocenters. The quantitative estimate of drug-likeness (QED) is 0.161. The molecule has 3 heteroatoms. The average Bonchev–Trinajstić information content (AvgIpc) is 3.78. The van der Waals surface area contributed by atoms with Crippen molar-refractivity contribution in [2.75, 3.05) is 4.90 Å². The van der Waals surface area contributed by atoms with Crippen molar-refractivity contribution in [1.29, 1.82) is 0 Å². The van der Waals surface area contributed by atoms with E-state index in [9.17, 15) is 0 Å². The second-order valence-corrected chi connectivity index (χ2v) is 15.8. The molecule has 0 bridgehead atoms. The van der Waals surface area contributed by atoms with E-state index in [1.807, 2.05) is 22.7 Å². The monoisotopic (exact) mass is 709 g/mol. The Morgan fingerprint density at radius 1 is 0.302 bits per heavy atom. The fraction of sp³-hybridized carbons (Fsp3) is 0. The van der Waals surface area contributed by atoms with Crippen LogP contribution in [-0.4, -0.2) is 0 Å². The van der Waals surface area contributed by atoms with E-state index in [2.05, 4.69) is 193 Å². The maximum Gasteiger partial charge on any atom is 0.0546 e. The van der Waals surface area contributed by atoms with Gasteiger partial charge in [0.15, 0.2) is 0 Å². The Labute approximate surface area is 315 Å². The Kier molecular flexibility index (Phi) is 6.97. The van der Waals surface area contributed by atoms with Crippen LogP contribution >= 0.6 is 22.7 Å². The van der Waals surface area contributed by atoms with Gasteiger partial charge in [-0.05, 0) is 86.8 Å². The van der Waals surface area contributed by atoms with E-state index < -0.39 is 0 Å². The molecule has 0 saturated carbocycles. The van der Waals surface area contributed by atoms with Crippen LogP contribution in [0.25, 0.3) is 84.1 Å². The summed E-state index contributed by atoms with van der Waals surface area (Å²) in [6.45, 7) is 0. The minimum Gasteiger partial charge on any atom is -0.310 e. The van der Waals surface area contributed by atoms with Gasteiger partial charge >= 0.3 is 0 Å². The van der Waals surface area contributed by atoms with Crippen molar-refractivity contribution in [3.05, 3.63) is 188 Å². The van der Waals surface area contributed by atoms with Gasteiger partial charge in [-0.1, -0.05) is 140 Å². The Morgan fingerprint density at radius 3 is 1.49 bits per heavy atom. The van der Waals surface area contributed by atoms with Gasteiger partial charge in [0.25, 0.3) is 0 Å². The molecule has 0 fully saturated rings. The minimum atomic E-state index is 1.14. The summed E-state index contributed by atoms with van der Waals surface area (Å²) in [5, 5.41) is 10.3. The van der Waals surface area contributed by atoms with Gasteiger partial charge in [-0.25, -0.2) is 0 Å². The van der Waals surface area contributed by atoms with Gasteiger partial charge in [-0.2, -0.15) is 0 Å². The first-order chi connectivity index (χ1) is 26.3. The van der Waals surface area contributed by atoms with Crippen molar-refractivity contribution in [3.8, 4) is 22.3 Å². The lowest BCUT2D eigenvalue weighted by Crippen LogP contribution is -2.11. The zero-order valence-electron chi connectivity index (χ0n) is 28.7. The Hall–Kier alpha value is -6.26. The fourth-order valence-corrected chi connectivity index (χ4v) is 10.5. The molecule has 0 aliphatic carbocycles. The van der Waals surface area contributed by atoms with Crippen molar-refractivity contribution in [2.45, 2.75) is 0 Å². The zero-order valence-corrected chi connectivity index (χ0v) is 30.3. The number of hydrogen-bond donors (Lipinski definition) is 0. The summed E-state index contributed by atoms with van der Waals surface area (Å²) in [7, 11) is 0. The molecule has 0 aliphatic rings. The fourth-order valence-electron chi connectivity index (χ4n) is 8.17. The number of nitrogens with zero attached hydrogens (tertiary/aromatic N) is 1. The summed E-state index contributed by atoms with van der Waals surface area (Å²) in [6.07, 6.45) is 0. The highest BCUT2D eigenvalue weighted by molar-refractivity contribution is 7.26. The number of thiophene rings is 2. The smallest absolute Gasteiger partial charge is 0.0546 e. The van der Waals surface area contributed by atoms with E-state index in [4.69, 9.17) is 0 Å². The molecule has 248 valence electrons. The van der Waals surface area contributed by atoms with Crippen LogP contribution in [0.15, 0.2) is 188 Å².